The topological polar surface area (TPSA) is 58.7 Å². The standard InChI is InChI=1S/C13H19BrN2O2/c1-16-7-8(6-15)5-11(16)9-3-4-10(14)12(17)13(9)18-2/h3-4,8,11,17H,5-7,15H2,1-2H3. The average molecular weight is 315 g/mol. The van der Waals surface area contributed by atoms with E-state index in [1.165, 1.54) is 0 Å². The number of ether oxygens (including phenoxy) is 1. The van der Waals surface area contributed by atoms with Crippen LogP contribution in [-0.2, 0) is 0 Å². The Morgan fingerprint density at radius 1 is 1.56 bits per heavy atom. The van der Waals surface area contributed by atoms with E-state index in [1.54, 1.807) is 7.11 Å². The minimum atomic E-state index is 0.166. The summed E-state index contributed by atoms with van der Waals surface area (Å²) in [7, 11) is 3.67. The van der Waals surface area contributed by atoms with Crippen LogP contribution in [0.15, 0.2) is 16.6 Å². The molecule has 0 aromatic heterocycles. The summed E-state index contributed by atoms with van der Waals surface area (Å²) < 4.78 is 6.00. The Bertz CT molecular complexity index is 439. The lowest BCUT2D eigenvalue weighted by Gasteiger charge is -2.22. The van der Waals surface area contributed by atoms with Crippen molar-refractivity contribution in [2.24, 2.45) is 11.7 Å². The summed E-state index contributed by atoms with van der Waals surface area (Å²) in [6.07, 6.45) is 1.00. The second kappa shape index (κ2) is 5.47. The predicted molar refractivity (Wildman–Crippen MR) is 74.9 cm³/mol. The Morgan fingerprint density at radius 2 is 2.28 bits per heavy atom. The molecular formula is C13H19BrN2O2. The molecule has 1 aromatic rings. The van der Waals surface area contributed by atoms with Crippen LogP contribution < -0.4 is 10.5 Å². The van der Waals surface area contributed by atoms with E-state index in [-0.39, 0.29) is 11.8 Å². The maximum absolute atomic E-state index is 10.0. The first-order valence-electron chi connectivity index (χ1n) is 6.04. The van der Waals surface area contributed by atoms with Gasteiger partial charge >= 0.3 is 0 Å². The molecule has 0 saturated carbocycles. The molecule has 1 heterocycles. The van der Waals surface area contributed by atoms with Crippen LogP contribution in [0, 0.1) is 5.92 Å². The molecule has 3 N–H and O–H groups in total. The summed E-state index contributed by atoms with van der Waals surface area (Å²) in [5.41, 5.74) is 6.77. The Balaban J connectivity index is 2.36. The molecule has 1 aromatic carbocycles. The first kappa shape index (κ1) is 13.6. The van der Waals surface area contributed by atoms with E-state index in [9.17, 15) is 5.11 Å². The van der Waals surface area contributed by atoms with Crippen molar-refractivity contribution in [2.75, 3.05) is 27.2 Å². The third-order valence-corrected chi connectivity index (χ3v) is 4.28. The molecule has 2 atom stereocenters. The summed E-state index contributed by atoms with van der Waals surface area (Å²) in [6, 6.07) is 4.12. The van der Waals surface area contributed by atoms with E-state index < -0.39 is 0 Å². The van der Waals surface area contributed by atoms with Crippen LogP contribution in [0.1, 0.15) is 18.0 Å². The van der Waals surface area contributed by atoms with E-state index in [2.05, 4.69) is 27.9 Å². The van der Waals surface area contributed by atoms with Gasteiger partial charge in [0.05, 0.1) is 11.6 Å². The fraction of sp³-hybridized carbons (Fsp3) is 0.538. The Morgan fingerprint density at radius 3 is 2.83 bits per heavy atom. The molecule has 2 unspecified atom stereocenters. The first-order valence-corrected chi connectivity index (χ1v) is 6.83. The first-order chi connectivity index (χ1) is 8.58. The van der Waals surface area contributed by atoms with Gasteiger partial charge in [-0.2, -0.15) is 0 Å². The van der Waals surface area contributed by atoms with E-state index in [1.807, 2.05) is 12.1 Å². The van der Waals surface area contributed by atoms with Gasteiger partial charge in [-0.15, -0.1) is 0 Å². The molecule has 5 heteroatoms. The highest BCUT2D eigenvalue weighted by molar-refractivity contribution is 9.10. The van der Waals surface area contributed by atoms with Crippen molar-refractivity contribution in [3.05, 3.63) is 22.2 Å². The molecule has 0 amide bonds. The molecule has 0 spiro atoms. The lowest BCUT2D eigenvalue weighted by Crippen LogP contribution is -2.20. The number of benzene rings is 1. The molecule has 0 bridgehead atoms. The minimum absolute atomic E-state index is 0.166. The molecule has 1 fully saturated rings. The van der Waals surface area contributed by atoms with Gasteiger partial charge in [0.15, 0.2) is 11.5 Å². The fourth-order valence-corrected chi connectivity index (χ4v) is 2.99. The maximum Gasteiger partial charge on any atom is 0.172 e. The highest BCUT2D eigenvalue weighted by Crippen LogP contribution is 2.44. The number of likely N-dealkylation sites (tertiary alicyclic amines) is 1. The van der Waals surface area contributed by atoms with E-state index in [0.29, 0.717) is 22.7 Å². The molecule has 2 rings (SSSR count). The van der Waals surface area contributed by atoms with Gasteiger partial charge in [0.25, 0.3) is 0 Å². The highest BCUT2D eigenvalue weighted by atomic mass is 79.9. The molecule has 1 aliphatic heterocycles. The number of halogens is 1. The zero-order valence-corrected chi connectivity index (χ0v) is 12.3. The van der Waals surface area contributed by atoms with Gasteiger partial charge in [-0.3, -0.25) is 4.90 Å². The summed E-state index contributed by atoms with van der Waals surface area (Å²) in [4.78, 5) is 2.27. The smallest absolute Gasteiger partial charge is 0.172 e. The van der Waals surface area contributed by atoms with Crippen molar-refractivity contribution in [1.29, 1.82) is 0 Å². The molecule has 4 nitrogen and oxygen atoms in total. The van der Waals surface area contributed by atoms with E-state index in [0.717, 1.165) is 18.5 Å². The van der Waals surface area contributed by atoms with Crippen LogP contribution in [-0.4, -0.2) is 37.3 Å². The second-order valence-electron chi connectivity index (χ2n) is 4.81. The van der Waals surface area contributed by atoms with Gasteiger partial charge in [-0.05, 0) is 47.9 Å². The normalized spacial score (nSPS) is 24.4. The van der Waals surface area contributed by atoms with Crippen LogP contribution in [0.4, 0.5) is 0 Å². The van der Waals surface area contributed by atoms with Gasteiger partial charge in [0, 0.05) is 18.2 Å². The zero-order valence-electron chi connectivity index (χ0n) is 10.7. The third kappa shape index (κ3) is 2.35. The predicted octanol–water partition coefficient (Wildman–Crippen LogP) is 2.11. The van der Waals surface area contributed by atoms with Gasteiger partial charge in [0.2, 0.25) is 0 Å². The molecule has 100 valence electrons. The number of rotatable bonds is 3. The number of phenolic OH excluding ortho intramolecular Hbond substituents is 1. The number of methoxy groups -OCH3 is 1. The number of nitrogens with two attached hydrogens (primary N) is 1. The van der Waals surface area contributed by atoms with Crippen LogP contribution in [0.25, 0.3) is 0 Å². The molecule has 0 radical (unpaired) electrons. The van der Waals surface area contributed by atoms with Crippen molar-refractivity contribution < 1.29 is 9.84 Å². The van der Waals surface area contributed by atoms with Crippen molar-refractivity contribution >= 4 is 15.9 Å². The fourth-order valence-electron chi connectivity index (χ4n) is 2.68. The molecule has 1 aliphatic rings. The maximum atomic E-state index is 10.0. The van der Waals surface area contributed by atoms with Gasteiger partial charge in [-0.1, -0.05) is 6.07 Å². The zero-order chi connectivity index (χ0) is 13.3. The monoisotopic (exact) mass is 314 g/mol. The lowest BCUT2D eigenvalue weighted by atomic mass is 9.99. The van der Waals surface area contributed by atoms with Crippen molar-refractivity contribution in [3.8, 4) is 11.5 Å². The Labute approximate surface area is 116 Å². The average Bonchev–Trinajstić information content (AvgIpc) is 2.74. The number of nitrogens with zero attached hydrogens (tertiary/aromatic N) is 1. The van der Waals surface area contributed by atoms with E-state index in [4.69, 9.17) is 10.5 Å². The second-order valence-corrected chi connectivity index (χ2v) is 5.67. The van der Waals surface area contributed by atoms with Crippen LogP contribution >= 0.6 is 15.9 Å². The summed E-state index contributed by atoms with van der Waals surface area (Å²) in [5, 5.41) is 10.0. The molecule has 1 saturated heterocycles. The quantitative estimate of drug-likeness (QED) is 0.897. The minimum Gasteiger partial charge on any atom is -0.503 e. The molecule has 0 aliphatic carbocycles. The van der Waals surface area contributed by atoms with Crippen molar-refractivity contribution in [3.63, 3.8) is 0 Å². The van der Waals surface area contributed by atoms with Crippen molar-refractivity contribution in [2.45, 2.75) is 12.5 Å². The van der Waals surface area contributed by atoms with E-state index >= 15 is 0 Å². The van der Waals surface area contributed by atoms with Crippen LogP contribution in [0.3, 0.4) is 0 Å². The molecular weight excluding hydrogens is 296 g/mol. The lowest BCUT2D eigenvalue weighted by molar-refractivity contribution is 0.297. The summed E-state index contributed by atoms with van der Waals surface area (Å²) in [6.45, 7) is 1.69. The highest BCUT2D eigenvalue weighted by Gasteiger charge is 2.32. The number of aromatic hydroxyl groups is 1. The van der Waals surface area contributed by atoms with Gasteiger partial charge in [0.1, 0.15) is 0 Å². The van der Waals surface area contributed by atoms with Crippen molar-refractivity contribution in [1.82, 2.24) is 4.90 Å². The summed E-state index contributed by atoms with van der Waals surface area (Å²) in [5.74, 6) is 1.23. The largest absolute Gasteiger partial charge is 0.503 e. The Kier molecular flexibility index (Phi) is 4.14. The van der Waals surface area contributed by atoms with Crippen LogP contribution in [0.2, 0.25) is 0 Å². The summed E-state index contributed by atoms with van der Waals surface area (Å²) >= 11 is 3.31. The third-order valence-electron chi connectivity index (χ3n) is 3.64. The van der Waals surface area contributed by atoms with Crippen LogP contribution in [0.5, 0.6) is 11.5 Å². The number of phenols is 1. The van der Waals surface area contributed by atoms with Gasteiger partial charge < -0.3 is 15.6 Å². The number of hydrogen-bond donors (Lipinski definition) is 2. The van der Waals surface area contributed by atoms with Gasteiger partial charge in [-0.25, -0.2) is 0 Å². The SMILES string of the molecule is COc1c(C2CC(CN)CN2C)ccc(Br)c1O. The Hall–Kier alpha value is -0.780. The molecule has 18 heavy (non-hydrogen) atoms. The number of hydrogen-bond acceptors (Lipinski definition) is 4.